The van der Waals surface area contributed by atoms with Crippen LogP contribution < -0.4 is 5.32 Å². The second-order valence-electron chi connectivity index (χ2n) is 8.72. The Balaban J connectivity index is 1.51. The van der Waals surface area contributed by atoms with Crippen LogP contribution in [0.25, 0.3) is 0 Å². The SMILES string of the molecule is O=C(O)C(CSC(c1ccccc1)(c1ccccc1)c1ccccc1)Nc1nc2c(s1)CCCC2. The molecule has 178 valence electrons. The fourth-order valence-corrected chi connectivity index (χ4v) is 7.37. The molecule has 2 N–H and O–H groups in total. The molecule has 0 radical (unpaired) electrons. The first kappa shape index (κ1) is 23.6. The Kier molecular flexibility index (Phi) is 7.21. The van der Waals surface area contributed by atoms with E-state index in [2.05, 4.69) is 41.7 Å². The van der Waals surface area contributed by atoms with Gasteiger partial charge in [0.15, 0.2) is 5.13 Å². The second kappa shape index (κ2) is 10.7. The molecular formula is C29H28N2O2S2. The first-order valence-electron chi connectivity index (χ1n) is 12.0. The topological polar surface area (TPSA) is 62.2 Å². The first-order chi connectivity index (χ1) is 17.2. The summed E-state index contributed by atoms with van der Waals surface area (Å²) in [6.45, 7) is 0. The van der Waals surface area contributed by atoms with E-state index in [0.29, 0.717) is 5.75 Å². The molecule has 0 bridgehead atoms. The number of thioether (sulfide) groups is 1. The fourth-order valence-electron chi connectivity index (χ4n) is 4.71. The average Bonchev–Trinajstić information content (AvgIpc) is 3.33. The number of rotatable bonds is 9. The Morgan fingerprint density at radius 1 is 0.886 bits per heavy atom. The second-order valence-corrected chi connectivity index (χ2v) is 11.0. The molecule has 0 saturated heterocycles. The summed E-state index contributed by atoms with van der Waals surface area (Å²) in [6.07, 6.45) is 4.36. The van der Waals surface area contributed by atoms with E-state index >= 15 is 0 Å². The largest absolute Gasteiger partial charge is 0.480 e. The number of hydrogen-bond donors (Lipinski definition) is 2. The number of fused-ring (bicyclic) bond motifs is 1. The molecule has 0 saturated carbocycles. The van der Waals surface area contributed by atoms with E-state index in [1.165, 1.54) is 11.3 Å². The highest BCUT2D eigenvalue weighted by Crippen LogP contribution is 2.48. The summed E-state index contributed by atoms with van der Waals surface area (Å²) < 4.78 is -0.554. The van der Waals surface area contributed by atoms with E-state index in [0.717, 1.165) is 46.8 Å². The number of benzene rings is 3. The van der Waals surface area contributed by atoms with Crippen molar-refractivity contribution < 1.29 is 9.90 Å². The minimum Gasteiger partial charge on any atom is -0.480 e. The molecule has 3 aromatic carbocycles. The van der Waals surface area contributed by atoms with Gasteiger partial charge in [-0.05, 0) is 42.4 Å². The molecule has 0 fully saturated rings. The fraction of sp³-hybridized carbons (Fsp3) is 0.241. The highest BCUT2D eigenvalue weighted by Gasteiger charge is 2.38. The Labute approximate surface area is 214 Å². The zero-order valence-corrected chi connectivity index (χ0v) is 21.0. The molecule has 1 aliphatic carbocycles. The van der Waals surface area contributed by atoms with Crippen molar-refractivity contribution in [2.24, 2.45) is 0 Å². The quantitative estimate of drug-likeness (QED) is 0.253. The maximum absolute atomic E-state index is 12.4. The standard InChI is InChI=1S/C29H28N2O2S2/c32-27(33)25(31-28-30-24-18-10-11-19-26(24)35-28)20-34-29(21-12-4-1-5-13-21,22-14-6-2-7-15-22)23-16-8-3-9-17-23/h1-9,12-17,25H,10-11,18-20H2,(H,30,31)(H,32,33). The third-order valence-electron chi connectivity index (χ3n) is 6.45. The number of aryl methyl sites for hydroxylation is 2. The van der Waals surface area contributed by atoms with Crippen molar-refractivity contribution in [3.8, 4) is 0 Å². The number of carboxylic acid groups (broad SMARTS) is 1. The summed E-state index contributed by atoms with van der Waals surface area (Å²) in [4.78, 5) is 18.4. The van der Waals surface area contributed by atoms with Gasteiger partial charge in [0.1, 0.15) is 6.04 Å². The number of anilines is 1. The molecule has 1 atom stereocenters. The summed E-state index contributed by atoms with van der Waals surface area (Å²) >= 11 is 3.26. The van der Waals surface area contributed by atoms with Crippen LogP contribution in [-0.4, -0.2) is 27.9 Å². The van der Waals surface area contributed by atoms with E-state index in [1.54, 1.807) is 23.1 Å². The van der Waals surface area contributed by atoms with Crippen LogP contribution in [0.5, 0.6) is 0 Å². The molecule has 5 rings (SSSR count). The van der Waals surface area contributed by atoms with Crippen LogP contribution in [-0.2, 0) is 22.4 Å². The van der Waals surface area contributed by atoms with Crippen LogP contribution in [0.3, 0.4) is 0 Å². The lowest BCUT2D eigenvalue weighted by Crippen LogP contribution is -2.35. The van der Waals surface area contributed by atoms with Crippen molar-refractivity contribution in [1.82, 2.24) is 4.98 Å². The Bertz CT molecular complexity index is 1140. The van der Waals surface area contributed by atoms with Crippen LogP contribution in [0, 0.1) is 0 Å². The molecule has 0 spiro atoms. The van der Waals surface area contributed by atoms with Gasteiger partial charge in [-0.15, -0.1) is 23.1 Å². The lowest BCUT2D eigenvalue weighted by molar-refractivity contribution is -0.137. The van der Waals surface area contributed by atoms with Crippen LogP contribution in [0.1, 0.15) is 40.1 Å². The number of aromatic nitrogens is 1. The van der Waals surface area contributed by atoms with Gasteiger partial charge in [-0.2, -0.15) is 0 Å². The van der Waals surface area contributed by atoms with Gasteiger partial charge in [0.25, 0.3) is 0 Å². The van der Waals surface area contributed by atoms with Crippen molar-refractivity contribution in [2.75, 3.05) is 11.1 Å². The maximum Gasteiger partial charge on any atom is 0.327 e. The normalized spacial score (nSPS) is 14.2. The number of thiazole rings is 1. The van der Waals surface area contributed by atoms with Gasteiger partial charge in [0, 0.05) is 10.6 Å². The molecule has 4 nitrogen and oxygen atoms in total. The molecule has 1 unspecified atom stereocenters. The summed E-state index contributed by atoms with van der Waals surface area (Å²) in [6, 6.07) is 30.3. The Hall–Kier alpha value is -3.09. The van der Waals surface area contributed by atoms with Gasteiger partial charge in [-0.25, -0.2) is 9.78 Å². The van der Waals surface area contributed by atoms with Gasteiger partial charge in [0.2, 0.25) is 0 Å². The number of hydrogen-bond acceptors (Lipinski definition) is 5. The van der Waals surface area contributed by atoms with Crippen molar-refractivity contribution in [3.05, 3.63) is 118 Å². The minimum absolute atomic E-state index is 0.373. The van der Waals surface area contributed by atoms with Crippen molar-refractivity contribution in [1.29, 1.82) is 0 Å². The Morgan fingerprint density at radius 3 is 1.89 bits per heavy atom. The lowest BCUT2D eigenvalue weighted by atomic mass is 9.84. The minimum atomic E-state index is -0.867. The zero-order valence-electron chi connectivity index (χ0n) is 19.4. The van der Waals surface area contributed by atoms with Crippen LogP contribution >= 0.6 is 23.1 Å². The predicted octanol–water partition coefficient (Wildman–Crippen LogP) is 6.61. The zero-order chi connectivity index (χ0) is 24.1. The predicted molar refractivity (Wildman–Crippen MR) is 145 cm³/mol. The monoisotopic (exact) mass is 500 g/mol. The number of carboxylic acids is 1. The van der Waals surface area contributed by atoms with Crippen LogP contribution in [0.4, 0.5) is 5.13 Å². The van der Waals surface area contributed by atoms with E-state index in [9.17, 15) is 9.90 Å². The molecule has 1 heterocycles. The highest BCUT2D eigenvalue weighted by molar-refractivity contribution is 8.00. The van der Waals surface area contributed by atoms with E-state index < -0.39 is 16.8 Å². The van der Waals surface area contributed by atoms with Crippen molar-refractivity contribution >= 4 is 34.2 Å². The van der Waals surface area contributed by atoms with Gasteiger partial charge in [0.05, 0.1) is 10.4 Å². The number of carbonyl (C=O) groups is 1. The lowest BCUT2D eigenvalue weighted by Gasteiger charge is -2.36. The molecule has 6 heteroatoms. The van der Waals surface area contributed by atoms with Crippen LogP contribution in [0.15, 0.2) is 91.0 Å². The number of aliphatic carboxylic acids is 1. The van der Waals surface area contributed by atoms with Gasteiger partial charge >= 0.3 is 5.97 Å². The van der Waals surface area contributed by atoms with Gasteiger partial charge in [-0.3, -0.25) is 0 Å². The Morgan fingerprint density at radius 2 is 1.40 bits per heavy atom. The third kappa shape index (κ3) is 5.00. The van der Waals surface area contributed by atoms with Gasteiger partial charge < -0.3 is 10.4 Å². The molecule has 1 aromatic heterocycles. The summed E-state index contributed by atoms with van der Waals surface area (Å²) in [7, 11) is 0. The molecule has 4 aromatic rings. The molecule has 0 amide bonds. The summed E-state index contributed by atoms with van der Waals surface area (Å²) in [5, 5.41) is 14.1. The van der Waals surface area contributed by atoms with Crippen molar-refractivity contribution in [3.63, 3.8) is 0 Å². The third-order valence-corrected chi connectivity index (χ3v) is 9.18. The molecule has 35 heavy (non-hydrogen) atoms. The maximum atomic E-state index is 12.4. The van der Waals surface area contributed by atoms with Crippen molar-refractivity contribution in [2.45, 2.75) is 36.5 Å². The number of nitrogens with one attached hydrogen (secondary N) is 1. The van der Waals surface area contributed by atoms with E-state index in [4.69, 9.17) is 4.98 Å². The summed E-state index contributed by atoms with van der Waals surface area (Å²) in [5.74, 6) is -0.494. The average molecular weight is 501 g/mol. The molecular weight excluding hydrogens is 472 g/mol. The summed E-state index contributed by atoms with van der Waals surface area (Å²) in [5.41, 5.74) is 4.50. The smallest absolute Gasteiger partial charge is 0.327 e. The first-order valence-corrected chi connectivity index (χ1v) is 13.8. The van der Waals surface area contributed by atoms with Crippen LogP contribution in [0.2, 0.25) is 0 Å². The highest BCUT2D eigenvalue weighted by atomic mass is 32.2. The molecule has 1 aliphatic rings. The number of nitrogens with zero attached hydrogens (tertiary/aromatic N) is 1. The van der Waals surface area contributed by atoms with E-state index in [-0.39, 0.29) is 0 Å². The van der Waals surface area contributed by atoms with Gasteiger partial charge in [-0.1, -0.05) is 91.0 Å². The molecule has 0 aliphatic heterocycles. The van der Waals surface area contributed by atoms with E-state index in [1.807, 2.05) is 54.6 Å².